The number of benzene rings is 1. The predicted molar refractivity (Wildman–Crippen MR) is 78.0 cm³/mol. The molecule has 0 atom stereocenters. The molecule has 0 saturated heterocycles. The van der Waals surface area contributed by atoms with E-state index in [1.165, 1.54) is 6.07 Å². The zero-order chi connectivity index (χ0) is 15.9. The Hall–Kier alpha value is -3.03. The molecule has 2 aliphatic heterocycles. The predicted octanol–water partition coefficient (Wildman–Crippen LogP) is 0.298. The van der Waals surface area contributed by atoms with Crippen molar-refractivity contribution in [2.45, 2.75) is 6.92 Å². The molecule has 0 unspecified atom stereocenters. The second kappa shape index (κ2) is 5.06. The van der Waals surface area contributed by atoms with Crippen molar-refractivity contribution >= 4 is 17.0 Å². The Bertz CT molecular complexity index is 973. The van der Waals surface area contributed by atoms with Crippen LogP contribution in [0, 0.1) is 0 Å². The normalized spacial score (nSPS) is 11.0. The Kier molecular flexibility index (Phi) is 3.21. The molecular formula is C14H12N4O4. The highest BCUT2D eigenvalue weighted by Gasteiger charge is 2.17. The SMILES string of the molecule is CCOC(=O)c1ccc2c(c1)nc1c(=O)[nH]c(=O)nc-1n2C. The zero-order valence-electron chi connectivity index (χ0n) is 11.9. The van der Waals surface area contributed by atoms with Crippen LogP contribution in [-0.4, -0.2) is 32.1 Å². The molecule has 8 nitrogen and oxygen atoms in total. The molecule has 2 aliphatic rings. The van der Waals surface area contributed by atoms with Gasteiger partial charge in [0.2, 0.25) is 0 Å². The number of hydrogen-bond donors (Lipinski definition) is 1. The molecule has 1 N–H and O–H groups in total. The lowest BCUT2D eigenvalue weighted by molar-refractivity contribution is 0.0526. The highest BCUT2D eigenvalue weighted by Crippen LogP contribution is 2.20. The van der Waals surface area contributed by atoms with Crippen molar-refractivity contribution in [2.24, 2.45) is 7.05 Å². The highest BCUT2D eigenvalue weighted by atomic mass is 16.5. The van der Waals surface area contributed by atoms with Gasteiger partial charge in [-0.3, -0.25) is 9.78 Å². The third kappa shape index (κ3) is 2.14. The molecule has 22 heavy (non-hydrogen) atoms. The molecule has 0 aromatic heterocycles. The molecule has 3 rings (SSSR count). The van der Waals surface area contributed by atoms with Gasteiger partial charge in [-0.1, -0.05) is 0 Å². The number of nitrogens with one attached hydrogen (secondary N) is 1. The van der Waals surface area contributed by atoms with Crippen LogP contribution in [0.5, 0.6) is 0 Å². The van der Waals surface area contributed by atoms with Gasteiger partial charge in [0.25, 0.3) is 5.56 Å². The lowest BCUT2D eigenvalue weighted by Gasteiger charge is -2.12. The van der Waals surface area contributed by atoms with E-state index < -0.39 is 17.2 Å². The molecule has 0 amide bonds. The lowest BCUT2D eigenvalue weighted by Crippen LogP contribution is -2.28. The van der Waals surface area contributed by atoms with E-state index >= 15 is 0 Å². The number of fused-ring (bicyclic) bond motifs is 2. The molecule has 1 aromatic carbocycles. The standard InChI is InChI=1S/C14H12N4O4/c1-3-22-13(20)7-4-5-9-8(6-7)15-10-11(18(9)2)16-14(21)17-12(10)19/h4-6H,3H2,1-2H3,(H,17,19,21). The van der Waals surface area contributed by atoms with E-state index in [9.17, 15) is 14.4 Å². The first-order valence-corrected chi connectivity index (χ1v) is 6.59. The van der Waals surface area contributed by atoms with E-state index in [0.717, 1.165) is 0 Å². The number of hydrogen-bond acceptors (Lipinski definition) is 6. The molecule has 8 heteroatoms. The van der Waals surface area contributed by atoms with E-state index in [0.29, 0.717) is 16.6 Å². The first-order chi connectivity index (χ1) is 10.5. The van der Waals surface area contributed by atoms with Crippen molar-refractivity contribution in [2.75, 3.05) is 6.61 Å². The molecule has 0 saturated carbocycles. The van der Waals surface area contributed by atoms with Gasteiger partial charge in [-0.05, 0) is 25.1 Å². The Balaban J connectivity index is 2.33. The highest BCUT2D eigenvalue weighted by molar-refractivity contribution is 5.94. The Morgan fingerprint density at radius 1 is 1.32 bits per heavy atom. The Morgan fingerprint density at radius 3 is 2.82 bits per heavy atom. The van der Waals surface area contributed by atoms with Gasteiger partial charge in [-0.15, -0.1) is 0 Å². The van der Waals surface area contributed by atoms with Crippen LogP contribution in [0.2, 0.25) is 0 Å². The second-order valence-corrected chi connectivity index (χ2v) is 4.64. The summed E-state index contributed by atoms with van der Waals surface area (Å²) in [6, 6.07) is 4.80. The van der Waals surface area contributed by atoms with Crippen LogP contribution in [0.3, 0.4) is 0 Å². The average Bonchev–Trinajstić information content (AvgIpc) is 2.48. The van der Waals surface area contributed by atoms with Crippen LogP contribution in [0.15, 0.2) is 27.8 Å². The molecule has 0 aliphatic carbocycles. The number of H-pyrrole nitrogens is 1. The number of ether oxygens (including phenoxy) is 1. The molecule has 0 spiro atoms. The van der Waals surface area contributed by atoms with E-state index in [1.54, 1.807) is 30.7 Å². The molecule has 0 bridgehead atoms. The molecular weight excluding hydrogens is 288 g/mol. The minimum Gasteiger partial charge on any atom is -0.462 e. The molecule has 112 valence electrons. The van der Waals surface area contributed by atoms with Crippen LogP contribution in [-0.2, 0) is 11.8 Å². The third-order valence-electron chi connectivity index (χ3n) is 3.25. The maximum absolute atomic E-state index is 11.9. The summed E-state index contributed by atoms with van der Waals surface area (Å²) in [5, 5.41) is 0. The van der Waals surface area contributed by atoms with E-state index in [2.05, 4.69) is 15.0 Å². The minimum atomic E-state index is -0.725. The van der Waals surface area contributed by atoms with Gasteiger partial charge in [0.1, 0.15) is 0 Å². The first-order valence-electron chi connectivity index (χ1n) is 6.59. The van der Waals surface area contributed by atoms with Crippen LogP contribution >= 0.6 is 0 Å². The number of esters is 1. The van der Waals surface area contributed by atoms with E-state index in [-0.39, 0.29) is 18.1 Å². The summed E-state index contributed by atoms with van der Waals surface area (Å²) in [6.45, 7) is 1.99. The number of carbonyl (C=O) groups is 1. The number of aromatic nitrogens is 4. The van der Waals surface area contributed by atoms with Crippen molar-refractivity contribution in [1.29, 1.82) is 0 Å². The van der Waals surface area contributed by atoms with Gasteiger partial charge in [0.15, 0.2) is 11.5 Å². The number of nitrogens with zero attached hydrogens (tertiary/aromatic N) is 3. The van der Waals surface area contributed by atoms with Gasteiger partial charge in [0.05, 0.1) is 23.2 Å². The summed E-state index contributed by atoms with van der Waals surface area (Å²) in [4.78, 5) is 45.0. The summed E-state index contributed by atoms with van der Waals surface area (Å²) in [5.41, 5.74) is 0.109. The summed E-state index contributed by atoms with van der Waals surface area (Å²) in [6.07, 6.45) is 0. The van der Waals surface area contributed by atoms with Crippen LogP contribution in [0.25, 0.3) is 22.6 Å². The maximum atomic E-state index is 11.9. The Labute approximate surface area is 123 Å². The fourth-order valence-electron chi connectivity index (χ4n) is 2.24. The maximum Gasteiger partial charge on any atom is 0.349 e. The largest absolute Gasteiger partial charge is 0.462 e. The van der Waals surface area contributed by atoms with E-state index in [1.807, 2.05) is 0 Å². The van der Waals surface area contributed by atoms with Crippen molar-refractivity contribution in [1.82, 2.24) is 19.5 Å². The monoisotopic (exact) mass is 300 g/mol. The van der Waals surface area contributed by atoms with Crippen LogP contribution in [0.1, 0.15) is 17.3 Å². The van der Waals surface area contributed by atoms with E-state index in [4.69, 9.17) is 4.74 Å². The molecule has 0 radical (unpaired) electrons. The fraction of sp³-hybridized carbons (Fsp3) is 0.214. The third-order valence-corrected chi connectivity index (χ3v) is 3.25. The van der Waals surface area contributed by atoms with Gasteiger partial charge < -0.3 is 9.30 Å². The summed E-state index contributed by atoms with van der Waals surface area (Å²) < 4.78 is 6.53. The number of aromatic amines is 1. The fourth-order valence-corrected chi connectivity index (χ4v) is 2.24. The summed E-state index contributed by atoms with van der Waals surface area (Å²) in [5.74, 6) is -0.277. The lowest BCUT2D eigenvalue weighted by atomic mass is 10.2. The molecule has 2 heterocycles. The van der Waals surface area contributed by atoms with Gasteiger partial charge in [0, 0.05) is 7.05 Å². The van der Waals surface area contributed by atoms with Crippen molar-refractivity contribution in [3.8, 4) is 11.5 Å². The number of rotatable bonds is 2. The average molecular weight is 300 g/mol. The first kappa shape index (κ1) is 13.9. The molecule has 1 aromatic rings. The minimum absolute atomic E-state index is 0.0376. The summed E-state index contributed by atoms with van der Waals surface area (Å²) in [7, 11) is 1.67. The van der Waals surface area contributed by atoms with Crippen molar-refractivity contribution in [3.63, 3.8) is 0 Å². The van der Waals surface area contributed by atoms with Crippen LogP contribution in [0.4, 0.5) is 0 Å². The zero-order valence-corrected chi connectivity index (χ0v) is 11.9. The Morgan fingerprint density at radius 2 is 2.09 bits per heavy atom. The van der Waals surface area contributed by atoms with Crippen molar-refractivity contribution in [3.05, 3.63) is 44.6 Å². The van der Waals surface area contributed by atoms with Crippen LogP contribution < -0.4 is 11.2 Å². The van der Waals surface area contributed by atoms with Gasteiger partial charge in [-0.25, -0.2) is 14.6 Å². The molecule has 0 fully saturated rings. The summed E-state index contributed by atoms with van der Waals surface area (Å²) >= 11 is 0. The number of carbonyl (C=O) groups excluding carboxylic acids is 1. The topological polar surface area (TPSA) is 107 Å². The smallest absolute Gasteiger partial charge is 0.349 e. The quantitative estimate of drug-likeness (QED) is 0.539. The van der Waals surface area contributed by atoms with Crippen molar-refractivity contribution < 1.29 is 9.53 Å². The number of aryl methyl sites for hydroxylation is 1. The second-order valence-electron chi connectivity index (χ2n) is 4.64. The van der Waals surface area contributed by atoms with Gasteiger partial charge >= 0.3 is 11.7 Å². The van der Waals surface area contributed by atoms with Gasteiger partial charge in [-0.2, -0.15) is 4.98 Å².